The molecule has 0 unspecified atom stereocenters. The zero-order valence-corrected chi connectivity index (χ0v) is 22.1. The molecule has 1 amide bonds. The number of benzene rings is 2. The number of nitrogens with zero attached hydrogens (tertiary/aromatic N) is 3. The third-order valence-corrected chi connectivity index (χ3v) is 9.00. The highest BCUT2D eigenvalue weighted by molar-refractivity contribution is 9.10. The van der Waals surface area contributed by atoms with Crippen molar-refractivity contribution >= 4 is 37.5 Å². The Morgan fingerprint density at radius 3 is 2.44 bits per heavy atom. The number of halogens is 1. The molecular formula is C25H33BrN4O3S. The van der Waals surface area contributed by atoms with E-state index in [2.05, 4.69) is 54.7 Å². The number of carbonyl (C=O) groups excluding carboxylic acids is 1. The molecule has 184 valence electrons. The summed E-state index contributed by atoms with van der Waals surface area (Å²) in [4.78, 5) is 19.0. The third-order valence-electron chi connectivity index (χ3n) is 6.58. The molecule has 0 bridgehead atoms. The maximum atomic E-state index is 13.0. The second kappa shape index (κ2) is 11.3. The first-order valence-corrected chi connectivity index (χ1v) is 14.3. The van der Waals surface area contributed by atoms with Crippen LogP contribution >= 0.6 is 15.9 Å². The van der Waals surface area contributed by atoms with Crippen LogP contribution in [0.3, 0.4) is 0 Å². The molecule has 0 radical (unpaired) electrons. The van der Waals surface area contributed by atoms with Crippen LogP contribution in [0.5, 0.6) is 0 Å². The molecule has 34 heavy (non-hydrogen) atoms. The van der Waals surface area contributed by atoms with Crippen molar-refractivity contribution in [1.29, 1.82) is 0 Å². The molecule has 2 aromatic carbocycles. The Kier molecular flexibility index (Phi) is 8.42. The van der Waals surface area contributed by atoms with Crippen molar-refractivity contribution in [3.63, 3.8) is 0 Å². The van der Waals surface area contributed by atoms with Gasteiger partial charge in [0.25, 0.3) is 0 Å². The normalized spacial score (nSPS) is 17.2. The second-order valence-corrected chi connectivity index (χ2v) is 11.5. The number of carbonyl (C=O) groups is 1. The van der Waals surface area contributed by atoms with Gasteiger partial charge in [-0.05, 0) is 58.6 Å². The summed E-state index contributed by atoms with van der Waals surface area (Å²) in [5.74, 6) is 0.0150. The summed E-state index contributed by atoms with van der Waals surface area (Å²) in [6, 6.07) is 14.0. The van der Waals surface area contributed by atoms with Gasteiger partial charge in [0.2, 0.25) is 15.9 Å². The number of nitrogens with one attached hydrogen (secondary N) is 1. The SMILES string of the molecule is CCC(=O)N1CCc2cc(Br)c(S(=O)(=O)NCCCN3CCN(Cc4ccccc4)CC3)cc21. The number of rotatable bonds is 9. The van der Waals surface area contributed by atoms with E-state index in [9.17, 15) is 13.2 Å². The number of anilines is 1. The van der Waals surface area contributed by atoms with E-state index in [1.807, 2.05) is 19.1 Å². The van der Waals surface area contributed by atoms with E-state index < -0.39 is 10.0 Å². The van der Waals surface area contributed by atoms with Gasteiger partial charge in [0.1, 0.15) is 0 Å². The van der Waals surface area contributed by atoms with Crippen LogP contribution in [0.4, 0.5) is 5.69 Å². The number of amides is 1. The fourth-order valence-corrected chi connectivity index (χ4v) is 6.82. The van der Waals surface area contributed by atoms with Gasteiger partial charge in [-0.2, -0.15) is 0 Å². The Morgan fingerprint density at radius 2 is 1.74 bits per heavy atom. The first-order chi connectivity index (χ1) is 16.4. The van der Waals surface area contributed by atoms with E-state index in [0.29, 0.717) is 29.7 Å². The summed E-state index contributed by atoms with van der Waals surface area (Å²) in [5, 5.41) is 0. The number of hydrogen-bond acceptors (Lipinski definition) is 5. The topological polar surface area (TPSA) is 73.0 Å². The van der Waals surface area contributed by atoms with E-state index in [1.165, 1.54) is 5.56 Å². The molecule has 1 fully saturated rings. The fraction of sp³-hybridized carbons (Fsp3) is 0.480. The van der Waals surface area contributed by atoms with Crippen molar-refractivity contribution in [1.82, 2.24) is 14.5 Å². The Morgan fingerprint density at radius 1 is 1.03 bits per heavy atom. The van der Waals surface area contributed by atoms with E-state index in [4.69, 9.17) is 0 Å². The quantitative estimate of drug-likeness (QED) is 0.487. The number of fused-ring (bicyclic) bond motifs is 1. The number of sulfonamides is 1. The Labute approximate surface area is 211 Å². The molecule has 2 heterocycles. The number of piperazine rings is 1. The van der Waals surface area contributed by atoms with Crippen LogP contribution < -0.4 is 9.62 Å². The van der Waals surface area contributed by atoms with Gasteiger partial charge in [-0.1, -0.05) is 37.3 Å². The van der Waals surface area contributed by atoms with E-state index in [-0.39, 0.29) is 10.8 Å². The molecule has 0 atom stereocenters. The lowest BCUT2D eigenvalue weighted by molar-refractivity contribution is -0.118. The highest BCUT2D eigenvalue weighted by Gasteiger charge is 2.28. The monoisotopic (exact) mass is 548 g/mol. The molecule has 7 nitrogen and oxygen atoms in total. The summed E-state index contributed by atoms with van der Waals surface area (Å²) in [7, 11) is -3.68. The molecule has 1 N–H and O–H groups in total. The lowest BCUT2D eigenvalue weighted by Crippen LogP contribution is -2.46. The van der Waals surface area contributed by atoms with Crippen molar-refractivity contribution < 1.29 is 13.2 Å². The largest absolute Gasteiger partial charge is 0.312 e. The van der Waals surface area contributed by atoms with Gasteiger partial charge in [0.15, 0.2) is 0 Å². The van der Waals surface area contributed by atoms with Gasteiger partial charge in [-0.15, -0.1) is 0 Å². The Balaban J connectivity index is 1.26. The predicted molar refractivity (Wildman–Crippen MR) is 138 cm³/mol. The molecule has 0 saturated carbocycles. The molecule has 0 aliphatic carbocycles. The first-order valence-electron chi connectivity index (χ1n) is 12.0. The van der Waals surface area contributed by atoms with E-state index >= 15 is 0 Å². The minimum Gasteiger partial charge on any atom is -0.312 e. The van der Waals surface area contributed by atoms with Gasteiger partial charge in [0.05, 0.1) is 4.90 Å². The molecule has 9 heteroatoms. The Bertz CT molecular complexity index is 1100. The lowest BCUT2D eigenvalue weighted by Gasteiger charge is -2.34. The summed E-state index contributed by atoms with van der Waals surface area (Å²) in [6.45, 7) is 8.69. The summed E-state index contributed by atoms with van der Waals surface area (Å²) in [5.41, 5.74) is 3.05. The zero-order chi connectivity index (χ0) is 24.1. The van der Waals surface area contributed by atoms with Crippen molar-refractivity contribution in [2.75, 3.05) is 50.7 Å². The van der Waals surface area contributed by atoms with Crippen LogP contribution in [0.15, 0.2) is 51.8 Å². The average Bonchev–Trinajstić information content (AvgIpc) is 3.25. The van der Waals surface area contributed by atoms with Gasteiger partial charge in [-0.3, -0.25) is 9.69 Å². The van der Waals surface area contributed by atoms with Crippen molar-refractivity contribution in [3.8, 4) is 0 Å². The summed E-state index contributed by atoms with van der Waals surface area (Å²) < 4.78 is 29.3. The maximum absolute atomic E-state index is 13.0. The molecule has 0 aromatic heterocycles. The molecule has 4 rings (SSSR count). The molecular weight excluding hydrogens is 516 g/mol. The van der Waals surface area contributed by atoms with Crippen LogP contribution in [0, 0.1) is 0 Å². The number of hydrogen-bond donors (Lipinski definition) is 1. The first kappa shape index (κ1) is 25.3. The minimum atomic E-state index is -3.68. The smallest absolute Gasteiger partial charge is 0.241 e. The molecule has 2 aliphatic heterocycles. The van der Waals surface area contributed by atoms with E-state index in [0.717, 1.165) is 57.7 Å². The van der Waals surface area contributed by atoms with Gasteiger partial charge >= 0.3 is 0 Å². The lowest BCUT2D eigenvalue weighted by atomic mass is 10.2. The van der Waals surface area contributed by atoms with Gasteiger partial charge < -0.3 is 9.80 Å². The molecule has 2 aromatic rings. The fourth-order valence-electron chi connectivity index (χ4n) is 4.64. The highest BCUT2D eigenvalue weighted by atomic mass is 79.9. The zero-order valence-electron chi connectivity index (χ0n) is 19.7. The molecule has 1 saturated heterocycles. The average molecular weight is 550 g/mol. The standard InChI is InChI=1S/C25H33BrN4O3S/c1-2-25(31)30-12-9-21-17-22(26)24(18-23(21)30)34(32,33)27-10-6-11-28-13-15-29(16-14-28)19-20-7-4-3-5-8-20/h3-5,7-8,17-18,27H,2,6,9-16,19H2,1H3. The van der Waals surface area contributed by atoms with Crippen LogP contribution in [0.2, 0.25) is 0 Å². The highest BCUT2D eigenvalue weighted by Crippen LogP contribution is 2.35. The van der Waals surface area contributed by atoms with Crippen LogP contribution in [0.1, 0.15) is 30.9 Å². The summed E-state index contributed by atoms with van der Waals surface area (Å²) in [6.07, 6.45) is 1.89. The molecule has 0 spiro atoms. The van der Waals surface area contributed by atoms with Crippen molar-refractivity contribution in [2.45, 2.75) is 37.6 Å². The Hall–Kier alpha value is -1.78. The van der Waals surface area contributed by atoms with Crippen molar-refractivity contribution in [2.24, 2.45) is 0 Å². The van der Waals surface area contributed by atoms with Crippen LogP contribution in [-0.4, -0.2) is 69.9 Å². The van der Waals surface area contributed by atoms with E-state index in [1.54, 1.807) is 11.0 Å². The predicted octanol–water partition coefficient (Wildman–Crippen LogP) is 3.23. The van der Waals surface area contributed by atoms with Crippen LogP contribution in [-0.2, 0) is 27.8 Å². The van der Waals surface area contributed by atoms with Gasteiger partial charge in [-0.25, -0.2) is 13.1 Å². The maximum Gasteiger partial charge on any atom is 0.241 e. The second-order valence-electron chi connectivity index (χ2n) is 8.91. The van der Waals surface area contributed by atoms with Gasteiger partial charge in [0, 0.05) is 62.4 Å². The minimum absolute atomic E-state index is 0.0150. The molecule has 2 aliphatic rings. The third kappa shape index (κ3) is 6.07. The van der Waals surface area contributed by atoms with Crippen molar-refractivity contribution in [3.05, 3.63) is 58.1 Å². The van der Waals surface area contributed by atoms with Crippen LogP contribution in [0.25, 0.3) is 0 Å². The summed E-state index contributed by atoms with van der Waals surface area (Å²) >= 11 is 3.43.